The molecule has 0 aliphatic rings. The van der Waals surface area contributed by atoms with Crippen molar-refractivity contribution in [3.63, 3.8) is 0 Å². The number of rotatable bonds is 3. The van der Waals surface area contributed by atoms with Crippen molar-refractivity contribution in [2.24, 2.45) is 0 Å². The normalized spacial score (nSPS) is 10.2. The highest BCUT2D eigenvalue weighted by molar-refractivity contribution is 14.1. The molecule has 4 heteroatoms. The summed E-state index contributed by atoms with van der Waals surface area (Å²) >= 11 is 2.26. The first-order valence-electron chi connectivity index (χ1n) is 5.16. The van der Waals surface area contributed by atoms with E-state index < -0.39 is 0 Å². The Balaban J connectivity index is 2.08. The van der Waals surface area contributed by atoms with Crippen molar-refractivity contribution in [1.82, 2.24) is 0 Å². The molecule has 0 saturated carbocycles. The van der Waals surface area contributed by atoms with Gasteiger partial charge in [-0.25, -0.2) is 0 Å². The predicted molar refractivity (Wildman–Crippen MR) is 76.3 cm³/mol. The second-order valence-corrected chi connectivity index (χ2v) is 4.82. The van der Waals surface area contributed by atoms with Gasteiger partial charge in [0.05, 0.1) is 0 Å². The standard InChI is InChI=1S/C13H12INO2/c14-10-3-1-2-4-11(10)15-8-9-5-6-12(16)13(17)7-9/h1-7,15-17H,8H2. The largest absolute Gasteiger partial charge is 0.504 e. The van der Waals surface area contributed by atoms with E-state index in [0.29, 0.717) is 6.54 Å². The van der Waals surface area contributed by atoms with Gasteiger partial charge >= 0.3 is 0 Å². The Morgan fingerprint density at radius 3 is 2.47 bits per heavy atom. The van der Waals surface area contributed by atoms with Crippen LogP contribution in [0.5, 0.6) is 11.5 Å². The Hall–Kier alpha value is -1.43. The van der Waals surface area contributed by atoms with E-state index in [9.17, 15) is 10.2 Å². The minimum Gasteiger partial charge on any atom is -0.504 e. The molecule has 0 bridgehead atoms. The van der Waals surface area contributed by atoms with Crippen LogP contribution in [-0.2, 0) is 6.54 Å². The molecule has 3 N–H and O–H groups in total. The van der Waals surface area contributed by atoms with Crippen molar-refractivity contribution in [2.75, 3.05) is 5.32 Å². The van der Waals surface area contributed by atoms with Crippen LogP contribution in [-0.4, -0.2) is 10.2 Å². The third-order valence-electron chi connectivity index (χ3n) is 2.40. The highest BCUT2D eigenvalue weighted by Gasteiger charge is 2.01. The summed E-state index contributed by atoms with van der Waals surface area (Å²) in [6.07, 6.45) is 0. The van der Waals surface area contributed by atoms with Crippen molar-refractivity contribution in [1.29, 1.82) is 0 Å². The molecule has 0 fully saturated rings. The first-order chi connectivity index (χ1) is 8.16. The molecule has 0 aromatic heterocycles. The van der Waals surface area contributed by atoms with Gasteiger partial charge in [-0.15, -0.1) is 0 Å². The fourth-order valence-electron chi connectivity index (χ4n) is 1.48. The average molecular weight is 341 g/mol. The minimum absolute atomic E-state index is 0.0907. The van der Waals surface area contributed by atoms with Crippen molar-refractivity contribution in [2.45, 2.75) is 6.54 Å². The van der Waals surface area contributed by atoms with Gasteiger partial charge in [0.2, 0.25) is 0 Å². The van der Waals surface area contributed by atoms with Crippen molar-refractivity contribution in [3.05, 3.63) is 51.6 Å². The van der Waals surface area contributed by atoms with Crippen LogP contribution >= 0.6 is 22.6 Å². The van der Waals surface area contributed by atoms with Crippen LogP contribution in [0.2, 0.25) is 0 Å². The van der Waals surface area contributed by atoms with Gasteiger partial charge in [0.25, 0.3) is 0 Å². The number of anilines is 1. The SMILES string of the molecule is Oc1ccc(CNc2ccccc2I)cc1O. The Labute approximate surface area is 113 Å². The lowest BCUT2D eigenvalue weighted by molar-refractivity contribution is 0.403. The third kappa shape index (κ3) is 3.03. The maximum Gasteiger partial charge on any atom is 0.157 e. The van der Waals surface area contributed by atoms with Crippen LogP contribution in [0.25, 0.3) is 0 Å². The van der Waals surface area contributed by atoms with E-state index in [1.165, 1.54) is 6.07 Å². The maximum atomic E-state index is 9.37. The summed E-state index contributed by atoms with van der Waals surface area (Å²) in [5.41, 5.74) is 1.97. The summed E-state index contributed by atoms with van der Waals surface area (Å²) in [6.45, 7) is 0.605. The van der Waals surface area contributed by atoms with E-state index in [1.54, 1.807) is 12.1 Å². The summed E-state index contributed by atoms with van der Waals surface area (Å²) in [5, 5.41) is 21.8. The van der Waals surface area contributed by atoms with Gasteiger partial charge in [0.1, 0.15) is 0 Å². The number of halogens is 1. The number of hydrogen-bond donors (Lipinski definition) is 3. The van der Waals surface area contributed by atoms with Crippen LogP contribution in [0.3, 0.4) is 0 Å². The lowest BCUT2D eigenvalue weighted by Crippen LogP contribution is -2.00. The number of nitrogens with one attached hydrogen (secondary N) is 1. The number of phenolic OH excluding ortho intramolecular Hbond substituents is 2. The fraction of sp³-hybridized carbons (Fsp3) is 0.0769. The molecular formula is C13H12INO2. The zero-order valence-corrected chi connectivity index (χ0v) is 11.2. The molecule has 2 aromatic rings. The van der Waals surface area contributed by atoms with E-state index in [-0.39, 0.29) is 11.5 Å². The zero-order chi connectivity index (χ0) is 12.3. The smallest absolute Gasteiger partial charge is 0.157 e. The zero-order valence-electron chi connectivity index (χ0n) is 9.02. The van der Waals surface area contributed by atoms with Crippen molar-refractivity contribution >= 4 is 28.3 Å². The first-order valence-corrected chi connectivity index (χ1v) is 6.24. The summed E-state index contributed by atoms with van der Waals surface area (Å²) in [5.74, 6) is -0.185. The van der Waals surface area contributed by atoms with Crippen LogP contribution in [0.1, 0.15) is 5.56 Å². The highest BCUT2D eigenvalue weighted by atomic mass is 127. The fourth-order valence-corrected chi connectivity index (χ4v) is 2.06. The van der Waals surface area contributed by atoms with E-state index >= 15 is 0 Å². The maximum absolute atomic E-state index is 9.37. The van der Waals surface area contributed by atoms with Gasteiger partial charge in [-0.1, -0.05) is 18.2 Å². The molecule has 0 aliphatic carbocycles. The third-order valence-corrected chi connectivity index (χ3v) is 3.34. The molecule has 2 aromatic carbocycles. The lowest BCUT2D eigenvalue weighted by atomic mass is 10.2. The van der Waals surface area contributed by atoms with E-state index in [1.807, 2.05) is 24.3 Å². The van der Waals surface area contributed by atoms with Gasteiger partial charge in [0.15, 0.2) is 11.5 Å². The minimum atomic E-state index is -0.0944. The van der Waals surface area contributed by atoms with Crippen LogP contribution in [0, 0.1) is 3.57 Å². The molecule has 0 amide bonds. The summed E-state index contributed by atoms with van der Waals surface area (Å²) in [6, 6.07) is 12.8. The second kappa shape index (κ2) is 5.27. The van der Waals surface area contributed by atoms with Gasteiger partial charge in [-0.05, 0) is 52.4 Å². The van der Waals surface area contributed by atoms with Gasteiger partial charge in [-0.3, -0.25) is 0 Å². The number of phenols is 2. The van der Waals surface area contributed by atoms with Crippen molar-refractivity contribution < 1.29 is 10.2 Å². The Morgan fingerprint density at radius 1 is 1.00 bits per heavy atom. The molecular weight excluding hydrogens is 329 g/mol. The quantitative estimate of drug-likeness (QED) is 0.593. The highest BCUT2D eigenvalue weighted by Crippen LogP contribution is 2.25. The van der Waals surface area contributed by atoms with Gasteiger partial charge < -0.3 is 15.5 Å². The van der Waals surface area contributed by atoms with Crippen molar-refractivity contribution in [3.8, 4) is 11.5 Å². The Bertz CT molecular complexity index is 529. The monoisotopic (exact) mass is 341 g/mol. The summed E-state index contributed by atoms with van der Waals surface area (Å²) in [7, 11) is 0. The predicted octanol–water partition coefficient (Wildman–Crippen LogP) is 3.31. The second-order valence-electron chi connectivity index (χ2n) is 3.66. The molecule has 0 radical (unpaired) electrons. The summed E-state index contributed by atoms with van der Waals surface area (Å²) in [4.78, 5) is 0. The molecule has 0 atom stereocenters. The van der Waals surface area contributed by atoms with Crippen LogP contribution < -0.4 is 5.32 Å². The molecule has 0 aliphatic heterocycles. The van der Waals surface area contributed by atoms with Gasteiger partial charge in [-0.2, -0.15) is 0 Å². The number of benzene rings is 2. The molecule has 3 nitrogen and oxygen atoms in total. The Morgan fingerprint density at radius 2 is 1.76 bits per heavy atom. The molecule has 88 valence electrons. The Kier molecular flexibility index (Phi) is 3.73. The molecule has 0 spiro atoms. The average Bonchev–Trinajstić information content (AvgIpc) is 2.32. The lowest BCUT2D eigenvalue weighted by Gasteiger charge is -2.09. The molecule has 0 saturated heterocycles. The molecule has 0 unspecified atom stereocenters. The first kappa shape index (κ1) is 12.0. The van der Waals surface area contributed by atoms with Crippen LogP contribution in [0.4, 0.5) is 5.69 Å². The number of para-hydroxylation sites is 1. The van der Waals surface area contributed by atoms with Crippen LogP contribution in [0.15, 0.2) is 42.5 Å². The van der Waals surface area contributed by atoms with E-state index in [2.05, 4.69) is 27.9 Å². The topological polar surface area (TPSA) is 52.5 Å². The van der Waals surface area contributed by atoms with Gasteiger partial charge in [0, 0.05) is 15.8 Å². The molecule has 2 rings (SSSR count). The van der Waals surface area contributed by atoms with E-state index in [0.717, 1.165) is 14.8 Å². The molecule has 0 heterocycles. The molecule has 17 heavy (non-hydrogen) atoms. The summed E-state index contributed by atoms with van der Waals surface area (Å²) < 4.78 is 1.15. The number of hydrogen-bond acceptors (Lipinski definition) is 3. The number of aromatic hydroxyl groups is 2. The van der Waals surface area contributed by atoms with E-state index in [4.69, 9.17) is 0 Å².